The molecule has 1 fully saturated rings. The molecule has 24 heavy (non-hydrogen) atoms. The van der Waals surface area contributed by atoms with E-state index in [-0.39, 0.29) is 35.9 Å². The summed E-state index contributed by atoms with van der Waals surface area (Å²) in [5.74, 6) is 0.307. The van der Waals surface area contributed by atoms with Gasteiger partial charge in [-0.25, -0.2) is 0 Å². The largest absolute Gasteiger partial charge is 0.493 e. The molecule has 0 radical (unpaired) electrons. The highest BCUT2D eigenvalue weighted by molar-refractivity contribution is 5.95. The van der Waals surface area contributed by atoms with E-state index in [1.54, 1.807) is 4.90 Å². The fourth-order valence-electron chi connectivity index (χ4n) is 2.80. The maximum Gasteiger partial charge on any atom is 0.387 e. The number of hydrogen-bond acceptors (Lipinski definition) is 4. The van der Waals surface area contributed by atoms with Crippen molar-refractivity contribution in [1.82, 2.24) is 4.90 Å². The minimum absolute atomic E-state index is 0. The van der Waals surface area contributed by atoms with Crippen LogP contribution in [-0.4, -0.2) is 43.7 Å². The van der Waals surface area contributed by atoms with Crippen LogP contribution in [0.3, 0.4) is 0 Å². The van der Waals surface area contributed by atoms with Crippen LogP contribution in [0.15, 0.2) is 18.2 Å². The third-order valence-electron chi connectivity index (χ3n) is 4.20. The minimum Gasteiger partial charge on any atom is -0.493 e. The Morgan fingerprint density at radius 2 is 1.92 bits per heavy atom. The molecule has 8 heteroatoms. The van der Waals surface area contributed by atoms with Gasteiger partial charge in [-0.1, -0.05) is 0 Å². The molecule has 1 aliphatic heterocycles. The number of carbonyl (C=O) groups is 1. The Balaban J connectivity index is 0.00000288. The Morgan fingerprint density at radius 3 is 2.42 bits per heavy atom. The van der Waals surface area contributed by atoms with Crippen LogP contribution in [0.4, 0.5) is 8.78 Å². The van der Waals surface area contributed by atoms with Crippen molar-refractivity contribution in [2.24, 2.45) is 11.7 Å². The molecule has 0 aliphatic carbocycles. The quantitative estimate of drug-likeness (QED) is 0.872. The Bertz CT molecular complexity index is 550. The van der Waals surface area contributed by atoms with Crippen LogP contribution in [0.1, 0.15) is 30.1 Å². The predicted molar refractivity (Wildman–Crippen MR) is 89.2 cm³/mol. The van der Waals surface area contributed by atoms with Crippen LogP contribution >= 0.6 is 12.4 Å². The maximum absolute atomic E-state index is 12.5. The van der Waals surface area contributed by atoms with E-state index in [2.05, 4.69) is 4.74 Å². The second-order valence-corrected chi connectivity index (χ2v) is 5.73. The fourth-order valence-corrected chi connectivity index (χ4v) is 2.80. The van der Waals surface area contributed by atoms with Gasteiger partial charge >= 0.3 is 6.61 Å². The SMILES string of the molecule is COc1cc(C(=O)N2CCC(C(C)N)CC2)ccc1OC(F)F.Cl. The number of nitrogens with zero attached hydrogens (tertiary/aromatic N) is 1. The molecule has 1 unspecified atom stereocenters. The predicted octanol–water partition coefficient (Wildman–Crippen LogP) is 2.92. The molecule has 5 nitrogen and oxygen atoms in total. The molecule has 0 aromatic heterocycles. The highest BCUT2D eigenvalue weighted by Gasteiger charge is 2.26. The Morgan fingerprint density at radius 1 is 1.29 bits per heavy atom. The van der Waals surface area contributed by atoms with Gasteiger partial charge in [-0.3, -0.25) is 4.79 Å². The number of rotatable bonds is 5. The summed E-state index contributed by atoms with van der Waals surface area (Å²) >= 11 is 0. The summed E-state index contributed by atoms with van der Waals surface area (Å²) in [6, 6.07) is 4.35. The lowest BCUT2D eigenvalue weighted by Gasteiger charge is -2.33. The number of benzene rings is 1. The molecule has 2 rings (SSSR count). The molecule has 1 atom stereocenters. The first-order chi connectivity index (χ1) is 10.9. The molecule has 1 aliphatic rings. The minimum atomic E-state index is -2.94. The summed E-state index contributed by atoms with van der Waals surface area (Å²) in [5.41, 5.74) is 6.29. The van der Waals surface area contributed by atoms with E-state index in [1.807, 2.05) is 6.92 Å². The molecule has 2 N–H and O–H groups in total. The zero-order chi connectivity index (χ0) is 17.0. The van der Waals surface area contributed by atoms with Gasteiger partial charge in [0, 0.05) is 24.7 Å². The summed E-state index contributed by atoms with van der Waals surface area (Å²) in [6.07, 6.45) is 1.74. The number of ether oxygens (including phenoxy) is 2. The second kappa shape index (κ2) is 9.03. The highest BCUT2D eigenvalue weighted by atomic mass is 35.5. The molecule has 1 amide bonds. The molecule has 1 aromatic rings. The van der Waals surface area contributed by atoms with Crippen LogP contribution < -0.4 is 15.2 Å². The van der Waals surface area contributed by atoms with Crippen LogP contribution in [0, 0.1) is 5.92 Å². The van der Waals surface area contributed by atoms with Gasteiger partial charge in [0.2, 0.25) is 0 Å². The van der Waals surface area contributed by atoms with Crippen LogP contribution in [0.25, 0.3) is 0 Å². The summed E-state index contributed by atoms with van der Waals surface area (Å²) in [4.78, 5) is 14.3. The standard InChI is InChI=1S/C16H22F2N2O3.ClH/c1-10(19)11-5-7-20(8-6-11)15(21)12-3-4-13(23-16(17)18)14(9-12)22-2;/h3-4,9-11,16H,5-8,19H2,1-2H3;1H. The van der Waals surface area contributed by atoms with Crippen molar-refractivity contribution in [2.75, 3.05) is 20.2 Å². The normalized spacial score (nSPS) is 16.5. The number of nitrogens with two attached hydrogens (primary N) is 1. The van der Waals surface area contributed by atoms with Crippen molar-refractivity contribution in [1.29, 1.82) is 0 Å². The molecule has 136 valence electrons. The Hall–Kier alpha value is -1.60. The third-order valence-corrected chi connectivity index (χ3v) is 4.20. The van der Waals surface area contributed by atoms with Gasteiger partial charge in [-0.15, -0.1) is 12.4 Å². The summed E-state index contributed by atoms with van der Waals surface area (Å²) in [7, 11) is 1.34. The maximum atomic E-state index is 12.5. The van der Waals surface area contributed by atoms with E-state index in [1.165, 1.54) is 25.3 Å². The van der Waals surface area contributed by atoms with Crippen molar-refractivity contribution >= 4 is 18.3 Å². The first-order valence-electron chi connectivity index (χ1n) is 7.60. The van der Waals surface area contributed by atoms with E-state index in [0.29, 0.717) is 24.6 Å². The van der Waals surface area contributed by atoms with E-state index in [9.17, 15) is 13.6 Å². The first-order valence-corrected chi connectivity index (χ1v) is 7.60. The van der Waals surface area contributed by atoms with Crippen molar-refractivity contribution < 1.29 is 23.0 Å². The molecule has 1 aromatic carbocycles. The molecule has 0 saturated carbocycles. The van der Waals surface area contributed by atoms with Gasteiger partial charge in [0.15, 0.2) is 11.5 Å². The van der Waals surface area contributed by atoms with E-state index >= 15 is 0 Å². The number of alkyl halides is 2. The molecule has 0 spiro atoms. The molecule has 1 saturated heterocycles. The monoisotopic (exact) mass is 364 g/mol. The molecular formula is C16H23ClF2N2O3. The Kier molecular flexibility index (Phi) is 7.69. The van der Waals surface area contributed by atoms with Gasteiger partial charge in [0.1, 0.15) is 0 Å². The van der Waals surface area contributed by atoms with Gasteiger partial charge in [-0.2, -0.15) is 8.78 Å². The zero-order valence-corrected chi connectivity index (χ0v) is 14.5. The summed E-state index contributed by atoms with van der Waals surface area (Å²) in [6.45, 7) is 0.322. The topological polar surface area (TPSA) is 64.8 Å². The zero-order valence-electron chi connectivity index (χ0n) is 13.7. The molecule has 0 bridgehead atoms. The number of piperidine rings is 1. The second-order valence-electron chi connectivity index (χ2n) is 5.73. The van der Waals surface area contributed by atoms with Gasteiger partial charge in [0.05, 0.1) is 7.11 Å². The molecule has 1 heterocycles. The summed E-state index contributed by atoms with van der Waals surface area (Å²) < 4.78 is 34.0. The highest BCUT2D eigenvalue weighted by Crippen LogP contribution is 2.30. The Labute approximate surface area is 146 Å². The van der Waals surface area contributed by atoms with Gasteiger partial charge in [-0.05, 0) is 43.9 Å². The van der Waals surface area contributed by atoms with Gasteiger partial charge < -0.3 is 20.1 Å². The number of amides is 1. The average Bonchev–Trinajstić information content (AvgIpc) is 2.54. The van der Waals surface area contributed by atoms with E-state index in [4.69, 9.17) is 10.5 Å². The fraction of sp³-hybridized carbons (Fsp3) is 0.562. The van der Waals surface area contributed by atoms with Crippen molar-refractivity contribution in [3.63, 3.8) is 0 Å². The summed E-state index contributed by atoms with van der Waals surface area (Å²) in [5, 5.41) is 0. The van der Waals surface area contributed by atoms with E-state index < -0.39 is 6.61 Å². The van der Waals surface area contributed by atoms with E-state index in [0.717, 1.165) is 12.8 Å². The number of methoxy groups -OCH3 is 1. The average molecular weight is 365 g/mol. The van der Waals surface area contributed by atoms with Crippen molar-refractivity contribution in [2.45, 2.75) is 32.4 Å². The lowest BCUT2D eigenvalue weighted by atomic mass is 9.90. The third kappa shape index (κ3) is 4.95. The van der Waals surface area contributed by atoms with Gasteiger partial charge in [0.25, 0.3) is 5.91 Å². The first kappa shape index (κ1) is 20.4. The van der Waals surface area contributed by atoms with Crippen LogP contribution in [-0.2, 0) is 0 Å². The van der Waals surface area contributed by atoms with Crippen molar-refractivity contribution in [3.8, 4) is 11.5 Å². The lowest BCUT2D eigenvalue weighted by molar-refractivity contribution is -0.0512. The van der Waals surface area contributed by atoms with Crippen LogP contribution in [0.5, 0.6) is 11.5 Å². The van der Waals surface area contributed by atoms with Crippen LogP contribution in [0.2, 0.25) is 0 Å². The smallest absolute Gasteiger partial charge is 0.387 e. The van der Waals surface area contributed by atoms with Crippen molar-refractivity contribution in [3.05, 3.63) is 23.8 Å². The number of halogens is 3. The number of carbonyl (C=O) groups excluding carboxylic acids is 1. The molecular weight excluding hydrogens is 342 g/mol. The lowest BCUT2D eigenvalue weighted by Crippen LogP contribution is -2.42. The number of likely N-dealkylation sites (tertiary alicyclic amines) is 1. The number of hydrogen-bond donors (Lipinski definition) is 1.